The van der Waals surface area contributed by atoms with Gasteiger partial charge in [0.25, 0.3) is 0 Å². The van der Waals surface area contributed by atoms with E-state index >= 15 is 0 Å². The normalized spacial score (nSPS) is 13.6. The van der Waals surface area contributed by atoms with E-state index in [0.717, 1.165) is 22.8 Å². The number of anilines is 1. The van der Waals surface area contributed by atoms with Crippen LogP contribution in [0.4, 0.5) is 11.4 Å². The average molecular weight is 300 g/mol. The third-order valence-electron chi connectivity index (χ3n) is 4.39. The van der Waals surface area contributed by atoms with Gasteiger partial charge in [-0.1, -0.05) is 69.3 Å². The second kappa shape index (κ2) is 4.95. The van der Waals surface area contributed by atoms with E-state index in [1.54, 1.807) is 0 Å². The Morgan fingerprint density at radius 3 is 2.22 bits per heavy atom. The molecule has 2 nitrogen and oxygen atoms in total. The lowest BCUT2D eigenvalue weighted by atomic mass is 9.86. The van der Waals surface area contributed by atoms with E-state index in [2.05, 4.69) is 86.8 Å². The van der Waals surface area contributed by atoms with Gasteiger partial charge >= 0.3 is 0 Å². The Bertz CT molecular complexity index is 907. The Morgan fingerprint density at radius 1 is 0.826 bits per heavy atom. The number of benzene rings is 3. The van der Waals surface area contributed by atoms with Gasteiger partial charge in [0, 0.05) is 16.6 Å². The fraction of sp³-hybridized carbons (Fsp3) is 0.190. The summed E-state index contributed by atoms with van der Waals surface area (Å²) < 4.78 is 0. The standard InChI is InChI=1S/C21H20N2/c1-21(2,3)16-12-10-15(11-13-16)20-22-17-8-4-6-14-7-5-9-18(23-20)19(14)17/h4-13H,1-3H3,(H,22,23). The van der Waals surface area contributed by atoms with E-state index in [-0.39, 0.29) is 5.41 Å². The summed E-state index contributed by atoms with van der Waals surface area (Å²) in [5, 5.41) is 5.91. The number of nitrogens with zero attached hydrogens (tertiary/aromatic N) is 1. The van der Waals surface area contributed by atoms with E-state index in [0.29, 0.717) is 0 Å². The van der Waals surface area contributed by atoms with Crippen LogP contribution < -0.4 is 5.32 Å². The molecule has 0 radical (unpaired) electrons. The zero-order valence-corrected chi connectivity index (χ0v) is 13.7. The monoisotopic (exact) mass is 300 g/mol. The SMILES string of the molecule is CC(C)(C)c1ccc(C2=Nc3cccc4cccc(c34)N2)cc1. The largest absolute Gasteiger partial charge is 0.339 e. The van der Waals surface area contributed by atoms with Crippen LogP contribution in [-0.2, 0) is 5.41 Å². The Labute approximate surface area is 136 Å². The summed E-state index contributed by atoms with van der Waals surface area (Å²) >= 11 is 0. The van der Waals surface area contributed by atoms with E-state index in [1.165, 1.54) is 16.3 Å². The van der Waals surface area contributed by atoms with E-state index in [1.807, 2.05) is 0 Å². The van der Waals surface area contributed by atoms with Gasteiger partial charge in [-0.2, -0.15) is 0 Å². The van der Waals surface area contributed by atoms with Crippen LogP contribution in [0.15, 0.2) is 65.7 Å². The molecular weight excluding hydrogens is 280 g/mol. The molecule has 0 amide bonds. The molecule has 2 heteroatoms. The number of hydrogen-bond acceptors (Lipinski definition) is 2. The molecule has 0 atom stereocenters. The highest BCUT2D eigenvalue weighted by Crippen LogP contribution is 2.36. The minimum atomic E-state index is 0.165. The van der Waals surface area contributed by atoms with Crippen LogP contribution in [0, 0.1) is 0 Å². The van der Waals surface area contributed by atoms with Crippen molar-refractivity contribution in [2.45, 2.75) is 26.2 Å². The van der Waals surface area contributed by atoms with Crippen molar-refractivity contribution in [3.8, 4) is 0 Å². The fourth-order valence-electron chi connectivity index (χ4n) is 3.06. The van der Waals surface area contributed by atoms with Crippen molar-refractivity contribution in [3.63, 3.8) is 0 Å². The second-order valence-electron chi connectivity index (χ2n) is 7.09. The Hall–Kier alpha value is -2.61. The maximum Gasteiger partial charge on any atom is 0.138 e. The van der Waals surface area contributed by atoms with Crippen LogP contribution in [0.2, 0.25) is 0 Å². The molecule has 1 N–H and O–H groups in total. The number of rotatable bonds is 1. The number of nitrogens with one attached hydrogen (secondary N) is 1. The highest BCUT2D eigenvalue weighted by Gasteiger charge is 2.17. The first-order chi connectivity index (χ1) is 11.0. The van der Waals surface area contributed by atoms with Gasteiger partial charge in [-0.3, -0.25) is 0 Å². The molecule has 0 spiro atoms. The van der Waals surface area contributed by atoms with Gasteiger partial charge in [-0.05, 0) is 28.5 Å². The quantitative estimate of drug-likeness (QED) is 0.618. The van der Waals surface area contributed by atoms with Crippen LogP contribution in [0.5, 0.6) is 0 Å². The number of hydrogen-bond donors (Lipinski definition) is 1. The zero-order valence-electron chi connectivity index (χ0n) is 13.7. The van der Waals surface area contributed by atoms with E-state index in [4.69, 9.17) is 4.99 Å². The summed E-state index contributed by atoms with van der Waals surface area (Å²) in [6, 6.07) is 21.3. The Kier molecular flexibility index (Phi) is 3.02. The van der Waals surface area contributed by atoms with Gasteiger partial charge in [0.1, 0.15) is 5.84 Å². The summed E-state index contributed by atoms with van der Waals surface area (Å²) in [7, 11) is 0. The number of aliphatic imine (C=N–C) groups is 1. The molecular formula is C21H20N2. The molecule has 1 heterocycles. The van der Waals surface area contributed by atoms with Gasteiger partial charge in [0.15, 0.2) is 0 Å². The van der Waals surface area contributed by atoms with Crippen molar-refractivity contribution in [1.29, 1.82) is 0 Å². The molecule has 0 aromatic heterocycles. The molecule has 0 bridgehead atoms. The summed E-state index contributed by atoms with van der Waals surface area (Å²) in [5.41, 5.74) is 4.78. The molecule has 0 saturated carbocycles. The van der Waals surface area contributed by atoms with Crippen molar-refractivity contribution in [1.82, 2.24) is 0 Å². The molecule has 3 aromatic rings. The molecule has 0 unspecified atom stereocenters. The van der Waals surface area contributed by atoms with Crippen molar-refractivity contribution >= 4 is 28.0 Å². The molecule has 0 saturated heterocycles. The van der Waals surface area contributed by atoms with E-state index in [9.17, 15) is 0 Å². The lowest BCUT2D eigenvalue weighted by Gasteiger charge is -2.21. The van der Waals surface area contributed by atoms with Crippen molar-refractivity contribution in [2.24, 2.45) is 4.99 Å². The first-order valence-corrected chi connectivity index (χ1v) is 8.01. The predicted molar refractivity (Wildman–Crippen MR) is 98.9 cm³/mol. The minimum absolute atomic E-state index is 0.165. The first kappa shape index (κ1) is 14.0. The Morgan fingerprint density at radius 2 is 1.52 bits per heavy atom. The van der Waals surface area contributed by atoms with Crippen molar-refractivity contribution in [3.05, 3.63) is 71.8 Å². The predicted octanol–water partition coefficient (Wildman–Crippen LogP) is 5.64. The lowest BCUT2D eigenvalue weighted by Crippen LogP contribution is -2.17. The molecule has 4 rings (SSSR count). The molecule has 114 valence electrons. The summed E-state index contributed by atoms with van der Waals surface area (Å²) in [5.74, 6) is 0.914. The third kappa shape index (κ3) is 2.40. The molecule has 0 fully saturated rings. The third-order valence-corrected chi connectivity index (χ3v) is 4.39. The smallest absolute Gasteiger partial charge is 0.138 e. The molecule has 1 aliphatic rings. The van der Waals surface area contributed by atoms with Crippen LogP contribution in [-0.4, -0.2) is 5.84 Å². The van der Waals surface area contributed by atoms with Gasteiger partial charge in [0.2, 0.25) is 0 Å². The topological polar surface area (TPSA) is 24.4 Å². The van der Waals surface area contributed by atoms with Gasteiger partial charge in [-0.25, -0.2) is 4.99 Å². The summed E-state index contributed by atoms with van der Waals surface area (Å²) in [6.45, 7) is 6.69. The van der Waals surface area contributed by atoms with Crippen molar-refractivity contribution in [2.75, 3.05) is 5.32 Å². The van der Waals surface area contributed by atoms with Crippen LogP contribution in [0.3, 0.4) is 0 Å². The van der Waals surface area contributed by atoms with Crippen LogP contribution in [0.1, 0.15) is 31.9 Å². The van der Waals surface area contributed by atoms with Crippen LogP contribution in [0.25, 0.3) is 10.8 Å². The number of amidine groups is 1. The highest BCUT2D eigenvalue weighted by molar-refractivity contribution is 6.18. The van der Waals surface area contributed by atoms with Crippen LogP contribution >= 0.6 is 0 Å². The Balaban J connectivity index is 1.79. The maximum absolute atomic E-state index is 4.83. The summed E-state index contributed by atoms with van der Waals surface area (Å²) in [4.78, 5) is 4.83. The second-order valence-corrected chi connectivity index (χ2v) is 7.09. The van der Waals surface area contributed by atoms with Gasteiger partial charge in [-0.15, -0.1) is 0 Å². The molecule has 1 aliphatic heterocycles. The fourth-order valence-corrected chi connectivity index (χ4v) is 3.06. The van der Waals surface area contributed by atoms with Gasteiger partial charge < -0.3 is 5.32 Å². The molecule has 3 aromatic carbocycles. The van der Waals surface area contributed by atoms with E-state index < -0.39 is 0 Å². The maximum atomic E-state index is 4.83. The first-order valence-electron chi connectivity index (χ1n) is 8.01. The lowest BCUT2D eigenvalue weighted by molar-refractivity contribution is 0.590. The van der Waals surface area contributed by atoms with Crippen molar-refractivity contribution < 1.29 is 0 Å². The highest BCUT2D eigenvalue weighted by atomic mass is 15.0. The van der Waals surface area contributed by atoms with Gasteiger partial charge in [0.05, 0.1) is 5.69 Å². The minimum Gasteiger partial charge on any atom is -0.339 e. The zero-order chi connectivity index (χ0) is 16.0. The average Bonchev–Trinajstić information content (AvgIpc) is 2.55. The summed E-state index contributed by atoms with van der Waals surface area (Å²) in [6.07, 6.45) is 0. The molecule has 23 heavy (non-hydrogen) atoms. The molecule has 0 aliphatic carbocycles.